The molecule has 0 bridgehead atoms. The Hall–Kier alpha value is -3.90. The molecule has 1 atom stereocenters. The first-order valence-electron chi connectivity index (χ1n) is 15.5. The Morgan fingerprint density at radius 3 is 1.75 bits per heavy atom. The quantitative estimate of drug-likeness (QED) is 0.113. The van der Waals surface area contributed by atoms with E-state index in [0.717, 1.165) is 31.6 Å². The van der Waals surface area contributed by atoms with Gasteiger partial charge in [-0.25, -0.2) is 4.31 Å². The molecule has 5 heteroatoms. The molecule has 0 saturated carbocycles. The number of nitrogens with one attached hydrogen (secondary N) is 1. The summed E-state index contributed by atoms with van der Waals surface area (Å²) in [5, 5.41) is 5.93. The van der Waals surface area contributed by atoms with Crippen LogP contribution in [0.2, 0.25) is 0 Å². The van der Waals surface area contributed by atoms with Crippen LogP contribution in [0.1, 0.15) is 56.0 Å². The fourth-order valence-corrected chi connectivity index (χ4v) is 5.72. The van der Waals surface area contributed by atoms with Crippen molar-refractivity contribution in [3.63, 3.8) is 0 Å². The Kier molecular flexibility index (Phi) is 15.2. The second-order valence-electron chi connectivity index (χ2n) is 10.3. The monoisotopic (exact) mass is 605 g/mol. The first-order valence-corrected chi connectivity index (χ1v) is 16.3. The molecule has 0 saturated heterocycles. The van der Waals surface area contributed by atoms with Crippen molar-refractivity contribution in [1.29, 1.82) is 0 Å². The van der Waals surface area contributed by atoms with E-state index in [9.17, 15) is 4.79 Å². The van der Waals surface area contributed by atoms with Gasteiger partial charge in [0.2, 0.25) is 6.41 Å². The number of carbonyl (C=O) groups excluding carboxylic acids is 1. The van der Waals surface area contributed by atoms with Gasteiger partial charge in [0.05, 0.1) is 0 Å². The zero-order chi connectivity index (χ0) is 31.6. The Bertz CT molecular complexity index is 1450. The third-order valence-electron chi connectivity index (χ3n) is 7.23. The van der Waals surface area contributed by atoms with E-state index in [1.807, 2.05) is 27.8 Å². The third-order valence-corrected chi connectivity index (χ3v) is 8.22. The van der Waals surface area contributed by atoms with Crippen molar-refractivity contribution < 1.29 is 4.79 Å². The van der Waals surface area contributed by atoms with Crippen molar-refractivity contribution in [2.24, 2.45) is 0 Å². The molecule has 1 unspecified atom stereocenters. The average molecular weight is 606 g/mol. The fourth-order valence-electron chi connectivity index (χ4n) is 4.74. The molecule has 0 aliphatic carbocycles. The first-order chi connectivity index (χ1) is 21.6. The highest BCUT2D eigenvalue weighted by Gasteiger charge is 2.10. The van der Waals surface area contributed by atoms with Gasteiger partial charge < -0.3 is 10.2 Å². The number of fused-ring (bicyclic) bond motifs is 1. The molecule has 0 aliphatic heterocycles. The van der Waals surface area contributed by atoms with E-state index in [1.165, 1.54) is 32.4 Å². The first kappa shape index (κ1) is 34.6. The highest BCUT2D eigenvalue weighted by Crippen LogP contribution is 2.27. The molecule has 44 heavy (non-hydrogen) atoms. The fraction of sp³-hybridized carbons (Fsp3) is 0.256. The summed E-state index contributed by atoms with van der Waals surface area (Å²) in [7, 11) is 1.99. The van der Waals surface area contributed by atoms with Gasteiger partial charge in [0.1, 0.15) is 0 Å². The van der Waals surface area contributed by atoms with Gasteiger partial charge in [-0.3, -0.25) is 4.79 Å². The maximum absolute atomic E-state index is 11.0. The summed E-state index contributed by atoms with van der Waals surface area (Å²) in [6.07, 6.45) is 0.907. The smallest absolute Gasteiger partial charge is 0.209 e. The minimum absolute atomic E-state index is 0.404. The van der Waals surface area contributed by atoms with Crippen LogP contribution in [0.25, 0.3) is 10.8 Å². The number of amides is 1. The summed E-state index contributed by atoms with van der Waals surface area (Å²) in [6.45, 7) is 11.3. The molecule has 0 radical (unpaired) electrons. The molecule has 4 nitrogen and oxygen atoms in total. The van der Waals surface area contributed by atoms with E-state index in [0.29, 0.717) is 12.6 Å². The van der Waals surface area contributed by atoms with Gasteiger partial charge in [-0.1, -0.05) is 129 Å². The molecule has 230 valence electrons. The normalized spacial score (nSPS) is 11.1. The lowest BCUT2D eigenvalue weighted by Gasteiger charge is -2.22. The molecule has 1 N–H and O–H groups in total. The van der Waals surface area contributed by atoms with E-state index in [4.69, 9.17) is 0 Å². The van der Waals surface area contributed by atoms with Gasteiger partial charge in [-0.15, -0.1) is 0 Å². The number of benzene rings is 5. The molecule has 0 aliphatic rings. The van der Waals surface area contributed by atoms with Crippen LogP contribution in [0, 0.1) is 0 Å². The van der Waals surface area contributed by atoms with Crippen molar-refractivity contribution in [2.45, 2.75) is 58.3 Å². The van der Waals surface area contributed by atoms with Gasteiger partial charge in [0.25, 0.3) is 0 Å². The van der Waals surface area contributed by atoms with Crippen LogP contribution in [0.3, 0.4) is 0 Å². The lowest BCUT2D eigenvalue weighted by molar-refractivity contribution is -0.118. The van der Waals surface area contributed by atoms with E-state index >= 15 is 0 Å². The minimum atomic E-state index is 0.404. The van der Waals surface area contributed by atoms with Gasteiger partial charge in [-0.2, -0.15) is 0 Å². The van der Waals surface area contributed by atoms with Crippen LogP contribution in [0.15, 0.2) is 132 Å². The number of hydrogen-bond acceptors (Lipinski definition) is 4. The predicted octanol–water partition coefficient (Wildman–Crippen LogP) is 9.52. The molecule has 5 aromatic carbocycles. The van der Waals surface area contributed by atoms with Gasteiger partial charge in [0, 0.05) is 37.1 Å². The Morgan fingerprint density at radius 1 is 0.682 bits per heavy atom. The standard InChI is InChI=1S/C24H26N2OS.C13H15N.C2H6/c1-2-25(20-27)17-23-13-15-24(16-14-23)28-26(18-21-9-5-3-6-10-21)19-22-11-7-4-8-12-22;1-10(14-2)12-9-5-7-11-6-3-4-8-13(11)12;1-2/h3-16,20H,2,17-19H2,1H3;3-10,14H,1-2H3;1-2H3. The lowest BCUT2D eigenvalue weighted by atomic mass is 10.00. The Morgan fingerprint density at radius 2 is 1.20 bits per heavy atom. The topological polar surface area (TPSA) is 35.6 Å². The minimum Gasteiger partial charge on any atom is -0.341 e. The van der Waals surface area contributed by atoms with Crippen molar-refractivity contribution in [3.8, 4) is 0 Å². The number of nitrogens with zero attached hydrogens (tertiary/aromatic N) is 2. The molecule has 0 heterocycles. The maximum atomic E-state index is 11.0. The summed E-state index contributed by atoms with van der Waals surface area (Å²) < 4.78 is 2.38. The van der Waals surface area contributed by atoms with Crippen molar-refractivity contribution >= 4 is 29.1 Å². The van der Waals surface area contributed by atoms with Crippen LogP contribution in [-0.2, 0) is 24.4 Å². The van der Waals surface area contributed by atoms with Crippen molar-refractivity contribution in [1.82, 2.24) is 14.5 Å². The lowest BCUT2D eigenvalue weighted by Crippen LogP contribution is -2.20. The summed E-state index contributed by atoms with van der Waals surface area (Å²) >= 11 is 1.77. The van der Waals surface area contributed by atoms with Gasteiger partial charge in [0.15, 0.2) is 0 Å². The summed E-state index contributed by atoms with van der Waals surface area (Å²) in [6, 6.07) is 45.0. The number of hydrogen-bond donors (Lipinski definition) is 1. The van der Waals surface area contributed by atoms with E-state index in [2.05, 4.69) is 144 Å². The summed E-state index contributed by atoms with van der Waals surface area (Å²) in [5.74, 6) is 0. The predicted molar refractivity (Wildman–Crippen MR) is 189 cm³/mol. The van der Waals surface area contributed by atoms with Crippen LogP contribution in [0.4, 0.5) is 0 Å². The van der Waals surface area contributed by atoms with Gasteiger partial charge >= 0.3 is 0 Å². The van der Waals surface area contributed by atoms with E-state index < -0.39 is 0 Å². The van der Waals surface area contributed by atoms with Crippen LogP contribution in [0.5, 0.6) is 0 Å². The Labute approximate surface area is 269 Å². The third kappa shape index (κ3) is 11.0. The molecule has 0 aromatic heterocycles. The highest BCUT2D eigenvalue weighted by molar-refractivity contribution is 7.97. The van der Waals surface area contributed by atoms with E-state index in [1.54, 1.807) is 16.8 Å². The van der Waals surface area contributed by atoms with Crippen molar-refractivity contribution in [2.75, 3.05) is 13.6 Å². The highest BCUT2D eigenvalue weighted by atomic mass is 32.2. The molecule has 1 amide bonds. The molecule has 5 rings (SSSR count). The second-order valence-corrected chi connectivity index (χ2v) is 11.4. The zero-order valence-corrected chi connectivity index (χ0v) is 27.6. The molecular weight excluding hydrogens is 559 g/mol. The van der Waals surface area contributed by atoms with E-state index in [-0.39, 0.29) is 0 Å². The number of rotatable bonds is 12. The average Bonchev–Trinajstić information content (AvgIpc) is 3.09. The maximum Gasteiger partial charge on any atom is 0.209 e. The molecule has 5 aromatic rings. The van der Waals surface area contributed by atoms with Gasteiger partial charge in [-0.05, 0) is 78.0 Å². The molecule has 0 fully saturated rings. The van der Waals surface area contributed by atoms with Crippen LogP contribution >= 0.6 is 11.9 Å². The number of carbonyl (C=O) groups is 1. The summed E-state index contributed by atoms with van der Waals surface area (Å²) in [4.78, 5) is 14.0. The van der Waals surface area contributed by atoms with Crippen molar-refractivity contribution in [3.05, 3.63) is 150 Å². The Balaban J connectivity index is 0.000000276. The largest absolute Gasteiger partial charge is 0.341 e. The van der Waals surface area contributed by atoms with Crippen LogP contribution in [-0.4, -0.2) is 29.2 Å². The SMILES string of the molecule is CC.CCN(C=O)Cc1ccc(SN(Cc2ccccc2)Cc2ccccc2)cc1.CNC(C)c1cccc2ccccc12. The van der Waals surface area contributed by atoms with Crippen LogP contribution < -0.4 is 5.32 Å². The zero-order valence-electron chi connectivity index (χ0n) is 26.8. The molecular formula is C39H47N3OS. The summed E-state index contributed by atoms with van der Waals surface area (Å²) in [5.41, 5.74) is 5.11. The second kappa shape index (κ2) is 19.4. The molecule has 0 spiro atoms.